The lowest BCUT2D eigenvalue weighted by Gasteiger charge is -2.43. The number of piperidine rings is 1. The standard InChI is InChI=1S/C33H45F3N4O4S/c1-20-16-22(17-21(2)38(20)30(42)44-31(3,4)5)14-15-43-26-12-10-24(11-13-26)40-29(45)39(28(41)32(40,6)7)25-9-8-23(19-37)27(18-25)33(34,35)36/h8-9,18,20-22,24,26H,10-17H2,1-7H3/t20-,21+,22?,24-,26-. The number of hydrogen-bond donors (Lipinski definition) is 0. The molecule has 4 rings (SSSR count). The number of carbonyl (C=O) groups excluding carboxylic acids is 2. The van der Waals surface area contributed by atoms with Crippen molar-refractivity contribution in [1.29, 1.82) is 5.26 Å². The molecule has 2 aliphatic heterocycles. The zero-order valence-corrected chi connectivity index (χ0v) is 28.1. The Labute approximate surface area is 269 Å². The molecule has 1 aromatic rings. The van der Waals surface area contributed by atoms with Crippen LogP contribution in [0.2, 0.25) is 0 Å². The van der Waals surface area contributed by atoms with Crippen LogP contribution >= 0.6 is 12.2 Å². The highest BCUT2D eigenvalue weighted by Gasteiger charge is 2.52. The molecule has 0 N–H and O–H groups in total. The summed E-state index contributed by atoms with van der Waals surface area (Å²) < 4.78 is 52.9. The van der Waals surface area contributed by atoms with Crippen LogP contribution in [0.3, 0.4) is 0 Å². The fourth-order valence-corrected chi connectivity index (χ4v) is 7.72. The van der Waals surface area contributed by atoms with Crippen LogP contribution < -0.4 is 4.90 Å². The minimum absolute atomic E-state index is 0.00415. The molecule has 1 unspecified atom stereocenters. The Morgan fingerprint density at radius 3 is 2.22 bits per heavy atom. The van der Waals surface area contributed by atoms with Crippen LogP contribution in [0, 0.1) is 17.2 Å². The van der Waals surface area contributed by atoms with Crippen molar-refractivity contribution in [2.45, 2.75) is 135 Å². The maximum absolute atomic E-state index is 13.6. The van der Waals surface area contributed by atoms with Gasteiger partial charge in [0.1, 0.15) is 11.1 Å². The van der Waals surface area contributed by atoms with Gasteiger partial charge in [-0.3, -0.25) is 9.69 Å². The monoisotopic (exact) mass is 650 g/mol. The van der Waals surface area contributed by atoms with Crippen LogP contribution in [0.5, 0.6) is 0 Å². The topological polar surface area (TPSA) is 86.1 Å². The predicted molar refractivity (Wildman–Crippen MR) is 168 cm³/mol. The summed E-state index contributed by atoms with van der Waals surface area (Å²) in [6, 6.07) is 4.94. The number of nitriles is 1. The van der Waals surface area contributed by atoms with Crippen molar-refractivity contribution < 1.29 is 32.2 Å². The van der Waals surface area contributed by atoms with E-state index in [1.807, 2.05) is 30.6 Å². The molecule has 0 radical (unpaired) electrons. The van der Waals surface area contributed by atoms with Gasteiger partial charge in [0.25, 0.3) is 5.91 Å². The number of likely N-dealkylation sites (tertiary alicyclic amines) is 1. The molecular formula is C33H45F3N4O4S. The number of rotatable bonds is 6. The molecule has 1 aromatic carbocycles. The summed E-state index contributed by atoms with van der Waals surface area (Å²) in [5, 5.41) is 9.34. The second-order valence-corrected chi connectivity index (χ2v) is 14.6. The molecule has 3 atom stereocenters. The van der Waals surface area contributed by atoms with E-state index in [1.165, 1.54) is 11.0 Å². The Morgan fingerprint density at radius 1 is 1.09 bits per heavy atom. The number of nitrogens with zero attached hydrogens (tertiary/aromatic N) is 4. The van der Waals surface area contributed by atoms with Crippen molar-refractivity contribution in [2.24, 2.45) is 5.92 Å². The first-order chi connectivity index (χ1) is 20.8. The summed E-state index contributed by atoms with van der Waals surface area (Å²) in [7, 11) is 0. The van der Waals surface area contributed by atoms with E-state index in [4.69, 9.17) is 27.0 Å². The second-order valence-electron chi connectivity index (χ2n) is 14.2. The number of halogens is 3. The van der Waals surface area contributed by atoms with Gasteiger partial charge in [-0.15, -0.1) is 0 Å². The highest BCUT2D eigenvalue weighted by atomic mass is 32.1. The molecule has 0 aromatic heterocycles. The summed E-state index contributed by atoms with van der Waals surface area (Å²) >= 11 is 5.71. The molecule has 2 heterocycles. The average Bonchev–Trinajstić information content (AvgIpc) is 3.09. The van der Waals surface area contributed by atoms with Crippen molar-refractivity contribution in [1.82, 2.24) is 9.80 Å². The van der Waals surface area contributed by atoms with Gasteiger partial charge in [0, 0.05) is 24.7 Å². The Kier molecular flexibility index (Phi) is 10.2. The number of hydrogen-bond acceptors (Lipinski definition) is 6. The van der Waals surface area contributed by atoms with E-state index < -0.39 is 34.4 Å². The maximum Gasteiger partial charge on any atom is 0.417 e. The Balaban J connectivity index is 1.31. The van der Waals surface area contributed by atoms with E-state index >= 15 is 0 Å². The van der Waals surface area contributed by atoms with Crippen molar-refractivity contribution in [2.75, 3.05) is 11.5 Å². The largest absolute Gasteiger partial charge is 0.444 e. The van der Waals surface area contributed by atoms with Crippen LogP contribution in [-0.2, 0) is 20.4 Å². The first-order valence-electron chi connectivity index (χ1n) is 15.8. The van der Waals surface area contributed by atoms with Gasteiger partial charge in [-0.1, -0.05) is 0 Å². The maximum atomic E-state index is 13.6. The van der Waals surface area contributed by atoms with Gasteiger partial charge in [-0.2, -0.15) is 18.4 Å². The fraction of sp³-hybridized carbons (Fsp3) is 0.697. The molecule has 2 amide bonds. The minimum Gasteiger partial charge on any atom is -0.444 e. The SMILES string of the molecule is C[C@@H]1CC(CCO[C@H]2CC[C@H](N3C(=S)N(c4ccc(C#N)c(C(F)(F)F)c4)C(=O)C3(C)C)CC2)C[C@H](C)N1C(=O)OC(C)(C)C. The normalized spacial score (nSPS) is 27.5. The Bertz CT molecular complexity index is 1320. The molecule has 1 aliphatic carbocycles. The highest BCUT2D eigenvalue weighted by molar-refractivity contribution is 7.80. The van der Waals surface area contributed by atoms with E-state index in [1.54, 1.807) is 19.9 Å². The molecular weight excluding hydrogens is 605 g/mol. The van der Waals surface area contributed by atoms with E-state index in [0.29, 0.717) is 12.5 Å². The number of alkyl halides is 3. The quantitative estimate of drug-likeness (QED) is 0.296. The number of carbonyl (C=O) groups is 2. The van der Waals surface area contributed by atoms with Gasteiger partial charge in [-0.25, -0.2) is 4.79 Å². The number of amides is 2. The smallest absolute Gasteiger partial charge is 0.417 e. The van der Waals surface area contributed by atoms with E-state index in [9.17, 15) is 22.8 Å². The van der Waals surface area contributed by atoms with Gasteiger partial charge >= 0.3 is 12.3 Å². The molecule has 0 bridgehead atoms. The first-order valence-corrected chi connectivity index (χ1v) is 16.2. The lowest BCUT2D eigenvalue weighted by atomic mass is 9.85. The molecule has 3 aliphatic rings. The van der Waals surface area contributed by atoms with Crippen LogP contribution in [0.25, 0.3) is 0 Å². The van der Waals surface area contributed by atoms with Gasteiger partial charge in [0.15, 0.2) is 5.11 Å². The average molecular weight is 651 g/mol. The molecule has 1 saturated carbocycles. The summed E-state index contributed by atoms with van der Waals surface area (Å²) in [6.45, 7) is 13.9. The molecule has 45 heavy (non-hydrogen) atoms. The van der Waals surface area contributed by atoms with Gasteiger partial charge in [0.2, 0.25) is 0 Å². The van der Waals surface area contributed by atoms with Gasteiger partial charge in [-0.05, 0) is 130 Å². The van der Waals surface area contributed by atoms with Gasteiger partial charge in [0.05, 0.1) is 29.0 Å². The lowest BCUT2D eigenvalue weighted by molar-refractivity contribution is -0.137. The fourth-order valence-electron chi connectivity index (χ4n) is 7.16. The van der Waals surface area contributed by atoms with Crippen LogP contribution in [0.15, 0.2) is 18.2 Å². The lowest BCUT2D eigenvalue weighted by Crippen LogP contribution is -2.51. The summed E-state index contributed by atoms with van der Waals surface area (Å²) in [5.74, 6) is 0.0507. The van der Waals surface area contributed by atoms with Crippen LogP contribution in [0.1, 0.15) is 105 Å². The van der Waals surface area contributed by atoms with E-state index in [-0.39, 0.29) is 41.1 Å². The Morgan fingerprint density at radius 2 is 1.69 bits per heavy atom. The number of benzene rings is 1. The summed E-state index contributed by atoms with van der Waals surface area (Å²) in [6.07, 6.45) is 0.822. The number of ether oxygens (including phenoxy) is 2. The van der Waals surface area contributed by atoms with Crippen molar-refractivity contribution >= 4 is 35.0 Å². The molecule has 2 saturated heterocycles. The molecule has 3 fully saturated rings. The minimum atomic E-state index is -4.74. The highest BCUT2D eigenvalue weighted by Crippen LogP contribution is 2.41. The first kappa shape index (κ1) is 35.0. The molecule has 0 spiro atoms. The molecule has 12 heteroatoms. The van der Waals surface area contributed by atoms with Crippen LogP contribution in [0.4, 0.5) is 23.7 Å². The third-order valence-corrected chi connectivity index (χ3v) is 9.58. The van der Waals surface area contributed by atoms with Crippen molar-refractivity contribution in [3.05, 3.63) is 29.3 Å². The van der Waals surface area contributed by atoms with E-state index in [0.717, 1.165) is 57.1 Å². The van der Waals surface area contributed by atoms with Crippen LogP contribution in [-0.4, -0.2) is 68.9 Å². The summed E-state index contributed by atoms with van der Waals surface area (Å²) in [5.41, 5.74) is -3.16. The number of thiocarbonyl (C=S) groups is 1. The third kappa shape index (κ3) is 7.57. The van der Waals surface area contributed by atoms with Gasteiger partial charge < -0.3 is 19.3 Å². The van der Waals surface area contributed by atoms with Crippen molar-refractivity contribution in [3.63, 3.8) is 0 Å². The second kappa shape index (κ2) is 13.1. The Hall–Kier alpha value is -2.91. The number of anilines is 1. The third-order valence-electron chi connectivity index (χ3n) is 9.20. The predicted octanol–water partition coefficient (Wildman–Crippen LogP) is 7.43. The molecule has 248 valence electrons. The zero-order chi connectivity index (χ0) is 33.5. The van der Waals surface area contributed by atoms with Crippen molar-refractivity contribution in [3.8, 4) is 6.07 Å². The summed E-state index contributed by atoms with van der Waals surface area (Å²) in [4.78, 5) is 31.1. The molecule has 8 nitrogen and oxygen atoms in total. The van der Waals surface area contributed by atoms with E-state index in [2.05, 4.69) is 13.8 Å². The zero-order valence-electron chi connectivity index (χ0n) is 27.2.